The zero-order valence-corrected chi connectivity index (χ0v) is 22.9. The fourth-order valence-electron chi connectivity index (χ4n) is 6.73. The lowest BCUT2D eigenvalue weighted by molar-refractivity contribution is -0.137. The van der Waals surface area contributed by atoms with Crippen LogP contribution in [0.4, 0.5) is 5.69 Å². The van der Waals surface area contributed by atoms with Gasteiger partial charge in [-0.25, -0.2) is 0 Å². The number of fused-ring (bicyclic) bond motifs is 3. The van der Waals surface area contributed by atoms with Crippen molar-refractivity contribution in [3.8, 4) is 11.1 Å². The molecule has 3 aliphatic rings. The first-order valence-corrected chi connectivity index (χ1v) is 14.2. The van der Waals surface area contributed by atoms with Gasteiger partial charge in [-0.15, -0.1) is 0 Å². The Morgan fingerprint density at radius 3 is 2.51 bits per heavy atom. The van der Waals surface area contributed by atoms with Crippen LogP contribution in [0.15, 0.2) is 30.3 Å². The number of H-pyrrole nitrogens is 1. The molecule has 0 radical (unpaired) electrons. The molecule has 3 amide bonds. The molecule has 3 heterocycles. The molecule has 8 nitrogen and oxygen atoms in total. The number of aryl methyl sites for hydroxylation is 1. The Morgan fingerprint density at radius 1 is 0.974 bits per heavy atom. The number of rotatable bonds is 4. The van der Waals surface area contributed by atoms with Gasteiger partial charge in [0.15, 0.2) is 0 Å². The topological polar surface area (TPSA) is 103 Å². The van der Waals surface area contributed by atoms with Crippen LogP contribution >= 0.6 is 0 Å². The summed E-state index contributed by atoms with van der Waals surface area (Å²) < 4.78 is 0. The Kier molecular flexibility index (Phi) is 6.67. The minimum absolute atomic E-state index is 0.0652. The van der Waals surface area contributed by atoms with Crippen molar-refractivity contribution in [1.82, 2.24) is 14.8 Å². The number of piperazine rings is 1. The largest absolute Gasteiger partial charge is 0.366 e. The van der Waals surface area contributed by atoms with Gasteiger partial charge in [-0.1, -0.05) is 18.2 Å². The monoisotopic (exact) mass is 527 g/mol. The van der Waals surface area contributed by atoms with Crippen molar-refractivity contribution in [3.05, 3.63) is 52.7 Å². The Hall–Kier alpha value is -3.65. The first kappa shape index (κ1) is 25.6. The smallest absolute Gasteiger partial charge is 0.250 e. The van der Waals surface area contributed by atoms with Crippen molar-refractivity contribution in [2.45, 2.75) is 45.4 Å². The first-order valence-electron chi connectivity index (χ1n) is 14.2. The van der Waals surface area contributed by atoms with Gasteiger partial charge in [0.2, 0.25) is 11.8 Å². The van der Waals surface area contributed by atoms with E-state index in [1.807, 2.05) is 28.0 Å². The summed E-state index contributed by atoms with van der Waals surface area (Å²) in [6, 6.07) is 9.92. The zero-order chi connectivity index (χ0) is 27.3. The second-order valence-corrected chi connectivity index (χ2v) is 11.4. The molecule has 1 aromatic heterocycles. The molecule has 1 atom stereocenters. The van der Waals surface area contributed by atoms with Crippen LogP contribution in [0, 0.1) is 12.8 Å². The Labute approximate surface area is 229 Å². The van der Waals surface area contributed by atoms with Crippen LogP contribution < -0.4 is 10.6 Å². The molecule has 0 bridgehead atoms. The van der Waals surface area contributed by atoms with Crippen LogP contribution in [0.5, 0.6) is 0 Å². The predicted molar refractivity (Wildman–Crippen MR) is 153 cm³/mol. The number of likely N-dealkylation sites (N-methyl/N-ethyl adjacent to an activating group) is 1. The first-order chi connectivity index (χ1) is 18.8. The van der Waals surface area contributed by atoms with Gasteiger partial charge in [0.1, 0.15) is 0 Å². The highest BCUT2D eigenvalue weighted by atomic mass is 16.2. The molecule has 204 valence electrons. The van der Waals surface area contributed by atoms with E-state index in [9.17, 15) is 14.4 Å². The molecule has 6 rings (SSSR count). The van der Waals surface area contributed by atoms with Crippen LogP contribution in [0.1, 0.15) is 52.9 Å². The normalized spacial score (nSPS) is 20.4. The van der Waals surface area contributed by atoms with Crippen LogP contribution in [0.2, 0.25) is 0 Å². The number of amides is 3. The van der Waals surface area contributed by atoms with Crippen molar-refractivity contribution >= 4 is 34.3 Å². The third-order valence-electron chi connectivity index (χ3n) is 8.98. The maximum Gasteiger partial charge on any atom is 0.250 e. The third kappa shape index (κ3) is 4.50. The van der Waals surface area contributed by atoms with E-state index in [1.165, 1.54) is 5.56 Å². The van der Waals surface area contributed by atoms with Gasteiger partial charge in [-0.05, 0) is 80.5 Å². The number of nitrogens with one attached hydrogen (secondary N) is 1. The van der Waals surface area contributed by atoms with Crippen molar-refractivity contribution in [2.75, 3.05) is 44.7 Å². The number of anilines is 1. The molecular formula is C31H37N5O3. The van der Waals surface area contributed by atoms with Crippen LogP contribution in [0.25, 0.3) is 22.0 Å². The number of carbonyl (C=O) groups excluding carboxylic acids is 3. The molecule has 3 N–H and O–H groups in total. The van der Waals surface area contributed by atoms with Crippen LogP contribution in [-0.2, 0) is 22.4 Å². The molecule has 39 heavy (non-hydrogen) atoms. The summed E-state index contributed by atoms with van der Waals surface area (Å²) in [4.78, 5) is 48.3. The van der Waals surface area contributed by atoms with E-state index in [-0.39, 0.29) is 17.7 Å². The summed E-state index contributed by atoms with van der Waals surface area (Å²) in [5, 5.41) is 1.01. The van der Waals surface area contributed by atoms with Gasteiger partial charge in [0.05, 0.1) is 11.1 Å². The summed E-state index contributed by atoms with van der Waals surface area (Å²) in [7, 11) is 2.09. The minimum atomic E-state index is -0.473. The summed E-state index contributed by atoms with van der Waals surface area (Å²) >= 11 is 0. The highest BCUT2D eigenvalue weighted by Crippen LogP contribution is 2.42. The molecule has 0 saturated carbocycles. The van der Waals surface area contributed by atoms with E-state index in [2.05, 4.69) is 29.9 Å². The Balaban J connectivity index is 1.41. The number of hydrogen-bond donors (Lipinski definition) is 2. The lowest BCUT2D eigenvalue weighted by atomic mass is 9.84. The number of hydrogen-bond acceptors (Lipinski definition) is 4. The van der Waals surface area contributed by atoms with Gasteiger partial charge in [0.25, 0.3) is 5.91 Å². The molecule has 2 aliphatic heterocycles. The summed E-state index contributed by atoms with van der Waals surface area (Å²) in [6.07, 6.45) is 4.71. The number of benzene rings is 2. The van der Waals surface area contributed by atoms with Gasteiger partial charge in [-0.2, -0.15) is 0 Å². The molecule has 1 aliphatic carbocycles. The fourth-order valence-corrected chi connectivity index (χ4v) is 6.73. The van der Waals surface area contributed by atoms with Crippen molar-refractivity contribution < 1.29 is 14.4 Å². The average Bonchev–Trinajstić information content (AvgIpc) is 3.32. The fraction of sp³-hybridized carbons (Fsp3) is 0.452. The van der Waals surface area contributed by atoms with Crippen LogP contribution in [0.3, 0.4) is 0 Å². The SMILES string of the molecule is Cc1c(-c2ccc(C(N)=O)c3[nH]c4c(c23)CCC(C(=O)N2CCN(C)CC2)C4)cccc1N1CCCCC1=O. The number of nitrogens with two attached hydrogens (primary N) is 1. The number of aromatic nitrogens is 1. The summed E-state index contributed by atoms with van der Waals surface area (Å²) in [5.41, 5.74) is 13.3. The standard InChI is InChI=1S/C31H37N5O3/c1-19-21(6-5-7-26(19)36-13-4-3-8-27(36)37)22-11-12-24(30(32)38)29-28(22)23-10-9-20(18-25(23)33-29)31(39)35-16-14-34(2)15-17-35/h5-7,11-12,20,33H,3-4,8-10,13-18H2,1-2H3,(H2,32,38). The minimum Gasteiger partial charge on any atom is -0.366 e. The second-order valence-electron chi connectivity index (χ2n) is 11.4. The van der Waals surface area contributed by atoms with E-state index in [0.717, 1.165) is 97.4 Å². The maximum absolute atomic E-state index is 13.4. The summed E-state index contributed by atoms with van der Waals surface area (Å²) in [5.74, 6) is -0.132. The molecule has 2 fully saturated rings. The Bertz CT molecular complexity index is 1470. The molecule has 1 unspecified atom stereocenters. The quantitative estimate of drug-likeness (QED) is 0.541. The van der Waals surface area contributed by atoms with E-state index in [0.29, 0.717) is 18.4 Å². The highest BCUT2D eigenvalue weighted by Gasteiger charge is 2.33. The highest BCUT2D eigenvalue weighted by molar-refractivity contribution is 6.11. The van der Waals surface area contributed by atoms with Gasteiger partial charge in [-0.3, -0.25) is 14.4 Å². The second kappa shape index (κ2) is 10.2. The molecule has 2 saturated heterocycles. The van der Waals surface area contributed by atoms with Crippen molar-refractivity contribution in [1.29, 1.82) is 0 Å². The zero-order valence-electron chi connectivity index (χ0n) is 22.9. The lowest BCUT2D eigenvalue weighted by Crippen LogP contribution is -2.49. The molecule has 3 aromatic rings. The third-order valence-corrected chi connectivity index (χ3v) is 8.98. The maximum atomic E-state index is 13.4. The predicted octanol–water partition coefficient (Wildman–Crippen LogP) is 3.64. The van der Waals surface area contributed by atoms with E-state index in [4.69, 9.17) is 5.73 Å². The lowest BCUT2D eigenvalue weighted by Gasteiger charge is -2.35. The number of carbonyl (C=O) groups is 3. The molecule has 0 spiro atoms. The molecule has 2 aromatic carbocycles. The van der Waals surface area contributed by atoms with Gasteiger partial charge in [0, 0.05) is 61.8 Å². The Morgan fingerprint density at radius 2 is 1.77 bits per heavy atom. The number of nitrogens with zero attached hydrogens (tertiary/aromatic N) is 3. The van der Waals surface area contributed by atoms with E-state index in [1.54, 1.807) is 6.07 Å². The number of aromatic amines is 1. The van der Waals surface area contributed by atoms with E-state index >= 15 is 0 Å². The average molecular weight is 528 g/mol. The van der Waals surface area contributed by atoms with Crippen molar-refractivity contribution in [3.63, 3.8) is 0 Å². The van der Waals surface area contributed by atoms with E-state index < -0.39 is 5.91 Å². The van der Waals surface area contributed by atoms with Gasteiger partial charge >= 0.3 is 0 Å². The molecular weight excluding hydrogens is 490 g/mol. The number of piperidine rings is 1. The number of primary amides is 1. The molecule has 8 heteroatoms. The van der Waals surface area contributed by atoms with Crippen LogP contribution in [-0.4, -0.2) is 72.3 Å². The van der Waals surface area contributed by atoms with Gasteiger partial charge < -0.3 is 25.4 Å². The van der Waals surface area contributed by atoms with Crippen molar-refractivity contribution in [2.24, 2.45) is 11.7 Å². The summed E-state index contributed by atoms with van der Waals surface area (Å²) in [6.45, 7) is 6.17.